The summed E-state index contributed by atoms with van der Waals surface area (Å²) in [6.07, 6.45) is 0.241. The molecule has 1 fully saturated rings. The van der Waals surface area contributed by atoms with Gasteiger partial charge < -0.3 is 15.7 Å². The minimum atomic E-state index is -0.923. The second-order valence-corrected chi connectivity index (χ2v) is 3.61. The minimum Gasteiger partial charge on any atom is -0.465 e. The summed E-state index contributed by atoms with van der Waals surface area (Å²) in [7, 11) is 0. The van der Waals surface area contributed by atoms with Gasteiger partial charge in [0.15, 0.2) is 0 Å². The lowest BCUT2D eigenvalue weighted by Crippen LogP contribution is -2.46. The van der Waals surface area contributed by atoms with E-state index in [1.54, 1.807) is 0 Å². The number of thiol groups is 1. The molecular weight excluding hydrogens is 206 g/mol. The Balaban J connectivity index is 2.43. The number of hydrogen-bond donors (Lipinski definition) is 3. The molecular formula is C7H13N3O3S. The lowest BCUT2D eigenvalue weighted by atomic mass is 10.1. The standard InChI is InChI=1S/C7H13N3O3S/c8-6(11)10(14)5-1-3-9(4-2-5)7(12)13/h5,14H,1-4H2,(H2,8,11)(H,12,13). The summed E-state index contributed by atoms with van der Waals surface area (Å²) in [6.45, 7) is 0.842. The van der Waals surface area contributed by atoms with Crippen molar-refractivity contribution in [1.82, 2.24) is 9.21 Å². The maximum absolute atomic E-state index is 10.8. The van der Waals surface area contributed by atoms with Crippen molar-refractivity contribution in [2.45, 2.75) is 18.9 Å². The molecule has 0 aliphatic carbocycles. The number of carbonyl (C=O) groups is 2. The molecule has 14 heavy (non-hydrogen) atoms. The first-order valence-corrected chi connectivity index (χ1v) is 4.67. The van der Waals surface area contributed by atoms with Crippen molar-refractivity contribution in [1.29, 1.82) is 0 Å². The van der Waals surface area contributed by atoms with Gasteiger partial charge in [-0.25, -0.2) is 9.59 Å². The van der Waals surface area contributed by atoms with Crippen LogP contribution >= 0.6 is 12.8 Å². The summed E-state index contributed by atoms with van der Waals surface area (Å²) in [5.41, 5.74) is 5.04. The maximum Gasteiger partial charge on any atom is 0.407 e. The zero-order valence-corrected chi connectivity index (χ0v) is 8.48. The Morgan fingerprint density at radius 2 is 1.93 bits per heavy atom. The van der Waals surface area contributed by atoms with Crippen LogP contribution in [0.3, 0.4) is 0 Å². The summed E-state index contributed by atoms with van der Waals surface area (Å²) >= 11 is 3.94. The molecule has 7 heteroatoms. The molecule has 0 spiro atoms. The average Bonchev–Trinajstić information content (AvgIpc) is 2.16. The van der Waals surface area contributed by atoms with Gasteiger partial charge >= 0.3 is 12.1 Å². The van der Waals surface area contributed by atoms with Gasteiger partial charge in [0.2, 0.25) is 0 Å². The molecule has 3 amide bonds. The number of urea groups is 1. The Hall–Kier alpha value is -1.11. The van der Waals surface area contributed by atoms with Crippen molar-refractivity contribution in [3.05, 3.63) is 0 Å². The zero-order chi connectivity index (χ0) is 10.7. The monoisotopic (exact) mass is 219 g/mol. The highest BCUT2D eigenvalue weighted by molar-refractivity contribution is 7.78. The molecule has 3 N–H and O–H groups in total. The van der Waals surface area contributed by atoms with E-state index < -0.39 is 12.1 Å². The van der Waals surface area contributed by atoms with Crippen molar-refractivity contribution in [2.24, 2.45) is 5.73 Å². The number of rotatable bonds is 1. The lowest BCUT2D eigenvalue weighted by molar-refractivity contribution is 0.123. The fraction of sp³-hybridized carbons (Fsp3) is 0.714. The van der Waals surface area contributed by atoms with E-state index in [1.165, 1.54) is 9.21 Å². The predicted molar refractivity (Wildman–Crippen MR) is 53.0 cm³/mol. The molecule has 1 saturated heterocycles. The first-order valence-electron chi connectivity index (χ1n) is 4.27. The van der Waals surface area contributed by atoms with Gasteiger partial charge in [0, 0.05) is 19.1 Å². The van der Waals surface area contributed by atoms with Gasteiger partial charge in [0.25, 0.3) is 0 Å². The predicted octanol–water partition coefficient (Wildman–Crippen LogP) is 0.354. The van der Waals surface area contributed by atoms with Crippen LogP contribution in [-0.2, 0) is 0 Å². The second kappa shape index (κ2) is 4.41. The van der Waals surface area contributed by atoms with Gasteiger partial charge in [-0.1, -0.05) is 12.8 Å². The van der Waals surface area contributed by atoms with E-state index in [-0.39, 0.29) is 6.04 Å². The topological polar surface area (TPSA) is 86.9 Å². The van der Waals surface area contributed by atoms with Crippen LogP contribution in [0, 0.1) is 0 Å². The number of amides is 3. The normalized spacial score (nSPS) is 17.9. The van der Waals surface area contributed by atoms with E-state index in [0.29, 0.717) is 25.9 Å². The maximum atomic E-state index is 10.8. The number of piperidine rings is 1. The third-order valence-electron chi connectivity index (χ3n) is 2.31. The largest absolute Gasteiger partial charge is 0.465 e. The van der Waals surface area contributed by atoms with E-state index >= 15 is 0 Å². The summed E-state index contributed by atoms with van der Waals surface area (Å²) in [5, 5.41) is 8.67. The molecule has 0 radical (unpaired) electrons. The van der Waals surface area contributed by atoms with Gasteiger partial charge in [0.1, 0.15) is 0 Å². The summed E-state index contributed by atoms with van der Waals surface area (Å²) in [4.78, 5) is 22.6. The fourth-order valence-corrected chi connectivity index (χ4v) is 1.71. The number of likely N-dealkylation sites (tertiary alicyclic amines) is 1. The van der Waals surface area contributed by atoms with Crippen molar-refractivity contribution in [2.75, 3.05) is 13.1 Å². The molecule has 0 unspecified atom stereocenters. The molecule has 80 valence electrons. The molecule has 1 rings (SSSR count). The highest BCUT2D eigenvalue weighted by Gasteiger charge is 2.26. The van der Waals surface area contributed by atoms with Crippen LogP contribution in [-0.4, -0.2) is 45.6 Å². The SMILES string of the molecule is NC(=O)N(S)C1CCN(C(=O)O)CC1. The Labute approximate surface area is 87.2 Å². The third kappa shape index (κ3) is 2.44. The molecule has 0 aromatic carbocycles. The first kappa shape index (κ1) is 11.0. The minimum absolute atomic E-state index is 0.0635. The van der Waals surface area contributed by atoms with Gasteiger partial charge in [-0.05, 0) is 12.8 Å². The lowest BCUT2D eigenvalue weighted by Gasteiger charge is -2.33. The van der Waals surface area contributed by atoms with Crippen molar-refractivity contribution in [3.63, 3.8) is 0 Å². The van der Waals surface area contributed by atoms with Crippen LogP contribution < -0.4 is 5.73 Å². The number of primary amides is 1. The van der Waals surface area contributed by atoms with Crippen LogP contribution in [0.15, 0.2) is 0 Å². The Bertz CT molecular complexity index is 240. The molecule has 1 aliphatic heterocycles. The molecule has 0 aromatic rings. The summed E-state index contributed by atoms with van der Waals surface area (Å²) in [5.74, 6) is 0. The summed E-state index contributed by atoms with van der Waals surface area (Å²) in [6, 6.07) is -0.659. The van der Waals surface area contributed by atoms with E-state index in [9.17, 15) is 9.59 Å². The van der Waals surface area contributed by atoms with Crippen LogP contribution in [0.4, 0.5) is 9.59 Å². The molecule has 1 aliphatic rings. The van der Waals surface area contributed by atoms with Crippen LogP contribution in [0.1, 0.15) is 12.8 Å². The molecule has 0 bridgehead atoms. The molecule has 0 saturated carbocycles. The molecule has 0 aromatic heterocycles. The quantitative estimate of drug-likeness (QED) is 0.556. The molecule has 6 nitrogen and oxygen atoms in total. The van der Waals surface area contributed by atoms with Crippen LogP contribution in [0.25, 0.3) is 0 Å². The fourth-order valence-electron chi connectivity index (χ4n) is 1.48. The number of nitrogens with two attached hydrogens (primary N) is 1. The average molecular weight is 219 g/mol. The van der Waals surface area contributed by atoms with E-state index in [4.69, 9.17) is 10.8 Å². The first-order chi connectivity index (χ1) is 6.52. The van der Waals surface area contributed by atoms with E-state index in [2.05, 4.69) is 12.8 Å². The third-order valence-corrected chi connectivity index (χ3v) is 2.83. The number of carboxylic acid groups (broad SMARTS) is 1. The Morgan fingerprint density at radius 3 is 2.29 bits per heavy atom. The van der Waals surface area contributed by atoms with Crippen LogP contribution in [0.5, 0.6) is 0 Å². The number of hydrogen-bond acceptors (Lipinski definition) is 3. The van der Waals surface area contributed by atoms with Gasteiger partial charge in [-0.15, -0.1) is 0 Å². The highest BCUT2D eigenvalue weighted by Crippen LogP contribution is 2.17. The number of nitrogens with zero attached hydrogens (tertiary/aromatic N) is 2. The molecule has 1 heterocycles. The van der Waals surface area contributed by atoms with Gasteiger partial charge in [0.05, 0.1) is 0 Å². The smallest absolute Gasteiger partial charge is 0.407 e. The van der Waals surface area contributed by atoms with Gasteiger partial charge in [-0.3, -0.25) is 4.31 Å². The van der Waals surface area contributed by atoms with E-state index in [0.717, 1.165) is 0 Å². The molecule has 0 atom stereocenters. The second-order valence-electron chi connectivity index (χ2n) is 3.18. The summed E-state index contributed by atoms with van der Waals surface area (Å²) < 4.78 is 1.17. The van der Waals surface area contributed by atoms with Crippen LogP contribution in [0.2, 0.25) is 0 Å². The Kier molecular flexibility index (Phi) is 3.45. The van der Waals surface area contributed by atoms with Crippen molar-refractivity contribution >= 4 is 24.9 Å². The zero-order valence-electron chi connectivity index (χ0n) is 7.59. The Morgan fingerprint density at radius 1 is 1.43 bits per heavy atom. The van der Waals surface area contributed by atoms with Gasteiger partial charge in [-0.2, -0.15) is 0 Å². The number of carbonyl (C=O) groups excluding carboxylic acids is 1. The van der Waals surface area contributed by atoms with Crippen molar-refractivity contribution in [3.8, 4) is 0 Å². The van der Waals surface area contributed by atoms with Crippen molar-refractivity contribution < 1.29 is 14.7 Å². The highest BCUT2D eigenvalue weighted by atomic mass is 32.1. The van der Waals surface area contributed by atoms with E-state index in [1.807, 2.05) is 0 Å².